The summed E-state index contributed by atoms with van der Waals surface area (Å²) in [5.41, 5.74) is 0.267. The third-order valence-corrected chi connectivity index (χ3v) is 3.87. The Labute approximate surface area is 97.8 Å². The highest BCUT2D eigenvalue weighted by Crippen LogP contribution is 2.21. The molecule has 1 saturated carbocycles. The maximum absolute atomic E-state index is 11.6. The Morgan fingerprint density at radius 2 is 2.00 bits per heavy atom. The molecule has 0 atom stereocenters. The third kappa shape index (κ3) is 3.19. The van der Waals surface area contributed by atoms with Crippen molar-refractivity contribution in [2.45, 2.75) is 44.2 Å². The number of hydrogen-bond donors (Lipinski definition) is 2. The SMILES string of the molecule is CNC1(C)CCN(CC(=O)NC2CC2)CC1. The van der Waals surface area contributed by atoms with E-state index in [2.05, 4.69) is 22.5 Å². The number of amides is 1. The van der Waals surface area contributed by atoms with E-state index in [0.717, 1.165) is 25.9 Å². The largest absolute Gasteiger partial charge is 0.352 e. The molecule has 4 heteroatoms. The molecule has 1 saturated heterocycles. The molecule has 4 nitrogen and oxygen atoms in total. The van der Waals surface area contributed by atoms with Crippen molar-refractivity contribution >= 4 is 5.91 Å². The second kappa shape index (κ2) is 4.72. The molecule has 1 amide bonds. The van der Waals surface area contributed by atoms with Crippen LogP contribution in [0.1, 0.15) is 32.6 Å². The number of hydrogen-bond acceptors (Lipinski definition) is 3. The Morgan fingerprint density at radius 1 is 1.38 bits per heavy atom. The molecule has 0 aromatic carbocycles. The van der Waals surface area contributed by atoms with Gasteiger partial charge in [0.2, 0.25) is 5.91 Å². The van der Waals surface area contributed by atoms with E-state index in [-0.39, 0.29) is 11.4 Å². The molecule has 0 aromatic heterocycles. The predicted octanol–water partition coefficient (Wildman–Crippen LogP) is 0.339. The second-order valence-corrected chi connectivity index (χ2v) is 5.43. The van der Waals surface area contributed by atoms with E-state index in [1.807, 2.05) is 7.05 Å². The fraction of sp³-hybridized carbons (Fsp3) is 0.917. The summed E-state index contributed by atoms with van der Waals surface area (Å²) in [7, 11) is 2.02. The molecule has 0 unspecified atom stereocenters. The average molecular weight is 225 g/mol. The first kappa shape index (κ1) is 11.9. The smallest absolute Gasteiger partial charge is 0.234 e. The molecule has 2 N–H and O–H groups in total. The van der Waals surface area contributed by atoms with Gasteiger partial charge in [0, 0.05) is 24.7 Å². The summed E-state index contributed by atoms with van der Waals surface area (Å²) in [6.07, 6.45) is 4.59. The van der Waals surface area contributed by atoms with Crippen molar-refractivity contribution in [1.29, 1.82) is 0 Å². The zero-order chi connectivity index (χ0) is 11.6. The fourth-order valence-corrected chi connectivity index (χ4v) is 2.16. The standard InChI is InChI=1S/C12H23N3O/c1-12(13-2)5-7-15(8-6-12)9-11(16)14-10-3-4-10/h10,13H,3-9H2,1-2H3,(H,14,16). The van der Waals surface area contributed by atoms with E-state index in [4.69, 9.17) is 0 Å². The summed E-state index contributed by atoms with van der Waals surface area (Å²) in [4.78, 5) is 13.9. The van der Waals surface area contributed by atoms with E-state index < -0.39 is 0 Å². The lowest BCUT2D eigenvalue weighted by atomic mass is 9.90. The van der Waals surface area contributed by atoms with Crippen LogP contribution in [0.5, 0.6) is 0 Å². The monoisotopic (exact) mass is 225 g/mol. The van der Waals surface area contributed by atoms with E-state index in [1.165, 1.54) is 12.8 Å². The summed E-state index contributed by atoms with van der Waals surface area (Å²) in [6.45, 7) is 4.88. The van der Waals surface area contributed by atoms with E-state index in [9.17, 15) is 4.79 Å². The van der Waals surface area contributed by atoms with E-state index >= 15 is 0 Å². The van der Waals surface area contributed by atoms with Crippen LogP contribution in [0.15, 0.2) is 0 Å². The van der Waals surface area contributed by atoms with Gasteiger partial charge < -0.3 is 10.6 Å². The quantitative estimate of drug-likeness (QED) is 0.725. The van der Waals surface area contributed by atoms with Gasteiger partial charge in [-0.3, -0.25) is 9.69 Å². The van der Waals surface area contributed by atoms with E-state index in [1.54, 1.807) is 0 Å². The first-order valence-corrected chi connectivity index (χ1v) is 6.32. The van der Waals surface area contributed by atoms with Crippen LogP contribution in [-0.4, -0.2) is 49.1 Å². The number of nitrogens with one attached hydrogen (secondary N) is 2. The number of rotatable bonds is 4. The van der Waals surface area contributed by atoms with Crippen molar-refractivity contribution in [2.75, 3.05) is 26.7 Å². The Hall–Kier alpha value is -0.610. The third-order valence-electron chi connectivity index (χ3n) is 3.87. The summed E-state index contributed by atoms with van der Waals surface area (Å²) in [5, 5.41) is 6.41. The first-order valence-electron chi connectivity index (χ1n) is 6.32. The van der Waals surface area contributed by atoms with Crippen LogP contribution in [0.25, 0.3) is 0 Å². The molecule has 0 radical (unpaired) electrons. The number of likely N-dealkylation sites (tertiary alicyclic amines) is 1. The molecule has 2 rings (SSSR count). The van der Waals surface area contributed by atoms with Gasteiger partial charge in [0.25, 0.3) is 0 Å². The van der Waals surface area contributed by atoms with Gasteiger partial charge in [-0.15, -0.1) is 0 Å². The number of nitrogens with zero attached hydrogens (tertiary/aromatic N) is 1. The lowest BCUT2D eigenvalue weighted by Crippen LogP contribution is -2.51. The molecular weight excluding hydrogens is 202 g/mol. The summed E-state index contributed by atoms with van der Waals surface area (Å²) >= 11 is 0. The maximum Gasteiger partial charge on any atom is 0.234 e. The molecule has 16 heavy (non-hydrogen) atoms. The van der Waals surface area contributed by atoms with Gasteiger partial charge in [0.05, 0.1) is 6.54 Å². The summed E-state index contributed by atoms with van der Waals surface area (Å²) < 4.78 is 0. The van der Waals surface area contributed by atoms with Crippen LogP contribution in [-0.2, 0) is 4.79 Å². The average Bonchev–Trinajstić information content (AvgIpc) is 3.06. The molecule has 1 heterocycles. The van der Waals surface area contributed by atoms with Crippen molar-refractivity contribution in [3.8, 4) is 0 Å². The summed E-state index contributed by atoms with van der Waals surface area (Å²) in [5.74, 6) is 0.204. The second-order valence-electron chi connectivity index (χ2n) is 5.43. The van der Waals surface area contributed by atoms with Crippen LogP contribution < -0.4 is 10.6 Å². The number of piperidine rings is 1. The molecule has 2 aliphatic rings. The lowest BCUT2D eigenvalue weighted by Gasteiger charge is -2.39. The van der Waals surface area contributed by atoms with Crippen LogP contribution >= 0.6 is 0 Å². The van der Waals surface area contributed by atoms with Crippen molar-refractivity contribution in [3.63, 3.8) is 0 Å². The van der Waals surface area contributed by atoms with Gasteiger partial charge in [-0.2, -0.15) is 0 Å². The summed E-state index contributed by atoms with van der Waals surface area (Å²) in [6, 6.07) is 0.486. The van der Waals surface area contributed by atoms with Crippen molar-refractivity contribution in [1.82, 2.24) is 15.5 Å². The molecule has 2 fully saturated rings. The molecule has 0 spiro atoms. The van der Waals surface area contributed by atoms with Crippen LogP contribution in [0.2, 0.25) is 0 Å². The normalized spacial score (nSPS) is 25.4. The van der Waals surface area contributed by atoms with Gasteiger partial charge in [-0.05, 0) is 39.7 Å². The minimum atomic E-state index is 0.204. The van der Waals surface area contributed by atoms with Crippen LogP contribution in [0.3, 0.4) is 0 Å². The van der Waals surface area contributed by atoms with Crippen molar-refractivity contribution in [2.24, 2.45) is 0 Å². The van der Waals surface area contributed by atoms with E-state index in [0.29, 0.717) is 12.6 Å². The van der Waals surface area contributed by atoms with Crippen molar-refractivity contribution in [3.05, 3.63) is 0 Å². The molecule has 1 aliphatic carbocycles. The van der Waals surface area contributed by atoms with Crippen LogP contribution in [0.4, 0.5) is 0 Å². The topological polar surface area (TPSA) is 44.4 Å². The Kier molecular flexibility index (Phi) is 3.50. The van der Waals surface area contributed by atoms with Gasteiger partial charge in [-0.25, -0.2) is 0 Å². The van der Waals surface area contributed by atoms with Gasteiger partial charge in [-0.1, -0.05) is 0 Å². The Bertz CT molecular complexity index is 255. The highest BCUT2D eigenvalue weighted by Gasteiger charge is 2.30. The molecule has 1 aliphatic heterocycles. The molecule has 92 valence electrons. The highest BCUT2D eigenvalue weighted by atomic mass is 16.2. The van der Waals surface area contributed by atoms with Crippen LogP contribution in [0, 0.1) is 0 Å². The fourth-order valence-electron chi connectivity index (χ4n) is 2.16. The highest BCUT2D eigenvalue weighted by molar-refractivity contribution is 5.78. The Morgan fingerprint density at radius 3 is 2.50 bits per heavy atom. The number of carbonyl (C=O) groups is 1. The van der Waals surface area contributed by atoms with Gasteiger partial charge >= 0.3 is 0 Å². The molecule has 0 aromatic rings. The van der Waals surface area contributed by atoms with Gasteiger partial charge in [0.1, 0.15) is 0 Å². The number of carbonyl (C=O) groups excluding carboxylic acids is 1. The van der Waals surface area contributed by atoms with Gasteiger partial charge in [0.15, 0.2) is 0 Å². The Balaban J connectivity index is 1.69. The first-order chi connectivity index (χ1) is 7.61. The van der Waals surface area contributed by atoms with Crippen molar-refractivity contribution < 1.29 is 4.79 Å². The zero-order valence-electron chi connectivity index (χ0n) is 10.4. The zero-order valence-corrected chi connectivity index (χ0v) is 10.4. The minimum Gasteiger partial charge on any atom is -0.352 e. The maximum atomic E-state index is 11.6. The molecule has 0 bridgehead atoms. The minimum absolute atomic E-state index is 0.204. The predicted molar refractivity (Wildman–Crippen MR) is 64.3 cm³/mol. The molecular formula is C12H23N3O. The lowest BCUT2D eigenvalue weighted by molar-refractivity contribution is -0.122.